The minimum atomic E-state index is -0.897. The van der Waals surface area contributed by atoms with E-state index in [1.54, 1.807) is 12.1 Å². The fourth-order valence-electron chi connectivity index (χ4n) is 2.28. The van der Waals surface area contributed by atoms with E-state index in [0.29, 0.717) is 11.8 Å². The van der Waals surface area contributed by atoms with E-state index in [-0.39, 0.29) is 29.4 Å². The van der Waals surface area contributed by atoms with Crippen LogP contribution in [0, 0.1) is 0 Å². The van der Waals surface area contributed by atoms with Crippen LogP contribution < -0.4 is 19.8 Å². The normalized spacial score (nSPS) is 10.9. The van der Waals surface area contributed by atoms with Gasteiger partial charge in [-0.15, -0.1) is 0 Å². The van der Waals surface area contributed by atoms with Gasteiger partial charge in [-0.2, -0.15) is 0 Å². The predicted octanol–water partition coefficient (Wildman–Crippen LogP) is 3.38. The van der Waals surface area contributed by atoms with E-state index >= 15 is 0 Å². The van der Waals surface area contributed by atoms with E-state index in [1.807, 2.05) is 19.1 Å². The monoisotopic (exact) mass is 360 g/mol. The molecule has 138 valence electrons. The molecule has 0 aliphatic rings. The molecule has 0 aliphatic heterocycles. The molecule has 7 nitrogen and oxygen atoms in total. The van der Waals surface area contributed by atoms with Crippen LogP contribution in [0.5, 0.6) is 17.2 Å². The molecule has 1 heterocycles. The number of para-hydroxylation sites is 1. The van der Waals surface area contributed by atoms with Gasteiger partial charge in [0.1, 0.15) is 0 Å². The van der Waals surface area contributed by atoms with E-state index < -0.39 is 17.6 Å². The van der Waals surface area contributed by atoms with Crippen LogP contribution in [0.1, 0.15) is 33.6 Å². The van der Waals surface area contributed by atoms with Gasteiger partial charge in [-0.1, -0.05) is 25.1 Å². The zero-order chi connectivity index (χ0) is 19.1. The first-order valence-electron chi connectivity index (χ1n) is 8.18. The highest BCUT2D eigenvalue weighted by molar-refractivity contribution is 5.91. The van der Waals surface area contributed by atoms with Crippen molar-refractivity contribution in [1.82, 2.24) is 0 Å². The van der Waals surface area contributed by atoms with Crippen molar-refractivity contribution in [2.75, 3.05) is 6.61 Å². The molecule has 2 aromatic rings. The quantitative estimate of drug-likeness (QED) is 0.246. The number of carbonyl (C=O) groups is 2. The van der Waals surface area contributed by atoms with Gasteiger partial charge in [-0.05, 0) is 25.0 Å². The largest absolute Gasteiger partial charge is 0.488 e. The number of hydrogen-bond acceptors (Lipinski definition) is 7. The zero-order valence-corrected chi connectivity index (χ0v) is 14.9. The van der Waals surface area contributed by atoms with E-state index in [9.17, 15) is 14.4 Å². The minimum Gasteiger partial charge on any atom is -0.488 e. The van der Waals surface area contributed by atoms with Gasteiger partial charge < -0.3 is 18.6 Å². The summed E-state index contributed by atoms with van der Waals surface area (Å²) in [4.78, 5) is 34.9. The molecule has 0 saturated heterocycles. The van der Waals surface area contributed by atoms with Crippen molar-refractivity contribution in [2.45, 2.75) is 33.6 Å². The molecule has 0 unspecified atom stereocenters. The first-order valence-corrected chi connectivity index (χ1v) is 8.18. The van der Waals surface area contributed by atoms with Gasteiger partial charge in [0.2, 0.25) is 0 Å². The van der Waals surface area contributed by atoms with Crippen LogP contribution >= 0.6 is 0 Å². The van der Waals surface area contributed by atoms with Gasteiger partial charge in [0, 0.05) is 13.8 Å². The van der Waals surface area contributed by atoms with E-state index in [1.165, 1.54) is 19.9 Å². The SMILES string of the molecule is CCC=CCCOc1c(OC(C)=O)c(=O)oc2c(OC(C)=O)cccc12. The predicted molar refractivity (Wildman–Crippen MR) is 94.6 cm³/mol. The van der Waals surface area contributed by atoms with Crippen molar-refractivity contribution in [3.63, 3.8) is 0 Å². The molecular weight excluding hydrogens is 340 g/mol. The molecule has 0 amide bonds. The highest BCUT2D eigenvalue weighted by Crippen LogP contribution is 2.37. The smallest absolute Gasteiger partial charge is 0.383 e. The van der Waals surface area contributed by atoms with Crippen molar-refractivity contribution in [2.24, 2.45) is 0 Å². The molecule has 0 radical (unpaired) electrons. The third kappa shape index (κ3) is 4.72. The lowest BCUT2D eigenvalue weighted by Crippen LogP contribution is -2.14. The molecule has 1 aromatic heterocycles. The summed E-state index contributed by atoms with van der Waals surface area (Å²) in [6, 6.07) is 4.73. The van der Waals surface area contributed by atoms with Crippen LogP contribution in [0.15, 0.2) is 39.6 Å². The Kier molecular flexibility index (Phi) is 6.54. The van der Waals surface area contributed by atoms with Crippen molar-refractivity contribution < 1.29 is 28.2 Å². The molecule has 0 bridgehead atoms. The van der Waals surface area contributed by atoms with Crippen molar-refractivity contribution >= 4 is 22.9 Å². The third-order valence-electron chi connectivity index (χ3n) is 3.24. The Morgan fingerprint density at radius 1 is 1.08 bits per heavy atom. The summed E-state index contributed by atoms with van der Waals surface area (Å²) in [5.41, 5.74) is -0.853. The second kappa shape index (κ2) is 8.84. The molecule has 0 atom stereocenters. The Balaban J connectivity index is 2.54. The summed E-state index contributed by atoms with van der Waals surface area (Å²) in [5.74, 6) is -1.41. The highest BCUT2D eigenvalue weighted by Gasteiger charge is 2.21. The van der Waals surface area contributed by atoms with Crippen LogP contribution in [-0.2, 0) is 9.59 Å². The molecule has 0 fully saturated rings. The number of carbonyl (C=O) groups excluding carboxylic acids is 2. The summed E-state index contributed by atoms with van der Waals surface area (Å²) in [6.45, 7) is 4.69. The van der Waals surface area contributed by atoms with E-state index in [0.717, 1.165) is 6.42 Å². The maximum atomic E-state index is 12.3. The number of fused-ring (bicyclic) bond motifs is 1. The molecule has 0 spiro atoms. The standard InChI is InChI=1S/C19H20O7/c1-4-5-6-7-11-23-17-14-9-8-10-15(24-12(2)20)16(14)26-19(22)18(17)25-13(3)21/h5-6,8-10H,4,7,11H2,1-3H3. The summed E-state index contributed by atoms with van der Waals surface area (Å²) in [5, 5.41) is 0.360. The third-order valence-corrected chi connectivity index (χ3v) is 3.24. The average Bonchev–Trinajstić information content (AvgIpc) is 2.57. The Morgan fingerprint density at radius 2 is 1.81 bits per heavy atom. The molecule has 0 saturated carbocycles. The van der Waals surface area contributed by atoms with E-state index in [2.05, 4.69) is 0 Å². The second-order valence-electron chi connectivity index (χ2n) is 5.38. The van der Waals surface area contributed by atoms with Gasteiger partial charge in [-0.3, -0.25) is 9.59 Å². The topological polar surface area (TPSA) is 92.0 Å². The fourth-order valence-corrected chi connectivity index (χ4v) is 2.28. The number of ether oxygens (including phenoxy) is 3. The lowest BCUT2D eigenvalue weighted by Gasteiger charge is -2.13. The Morgan fingerprint density at radius 3 is 2.46 bits per heavy atom. The lowest BCUT2D eigenvalue weighted by molar-refractivity contribution is -0.132. The maximum absolute atomic E-state index is 12.3. The fraction of sp³-hybridized carbons (Fsp3) is 0.316. The van der Waals surface area contributed by atoms with Gasteiger partial charge in [-0.25, -0.2) is 4.79 Å². The number of allylic oxidation sites excluding steroid dienone is 1. The zero-order valence-electron chi connectivity index (χ0n) is 14.9. The first kappa shape index (κ1) is 19.2. The highest BCUT2D eigenvalue weighted by atomic mass is 16.6. The van der Waals surface area contributed by atoms with Crippen LogP contribution in [0.3, 0.4) is 0 Å². The Labute approximate surface area is 150 Å². The van der Waals surface area contributed by atoms with Crippen LogP contribution in [-0.4, -0.2) is 18.5 Å². The van der Waals surface area contributed by atoms with Crippen LogP contribution in [0.4, 0.5) is 0 Å². The lowest BCUT2D eigenvalue weighted by atomic mass is 10.2. The molecule has 2 rings (SSSR count). The molecular formula is C19H20O7. The Bertz CT molecular complexity index is 893. The average molecular weight is 360 g/mol. The van der Waals surface area contributed by atoms with Gasteiger partial charge >= 0.3 is 17.6 Å². The summed E-state index contributed by atoms with van der Waals surface area (Å²) < 4.78 is 21.0. The number of benzene rings is 1. The number of rotatable bonds is 7. The summed E-state index contributed by atoms with van der Waals surface area (Å²) in [6.07, 6.45) is 5.46. The van der Waals surface area contributed by atoms with Crippen LogP contribution in [0.25, 0.3) is 11.0 Å². The molecule has 26 heavy (non-hydrogen) atoms. The molecule has 1 aromatic carbocycles. The molecule has 7 heteroatoms. The second-order valence-corrected chi connectivity index (χ2v) is 5.38. The van der Waals surface area contributed by atoms with Crippen molar-refractivity contribution in [3.05, 3.63) is 40.8 Å². The number of hydrogen-bond donors (Lipinski definition) is 0. The van der Waals surface area contributed by atoms with Gasteiger partial charge in [0.05, 0.1) is 12.0 Å². The first-order chi connectivity index (χ1) is 12.4. The van der Waals surface area contributed by atoms with Gasteiger partial charge in [0.15, 0.2) is 17.1 Å². The van der Waals surface area contributed by atoms with Crippen molar-refractivity contribution in [3.8, 4) is 17.2 Å². The van der Waals surface area contributed by atoms with Gasteiger partial charge in [0.25, 0.3) is 5.75 Å². The Hall–Kier alpha value is -3.09. The van der Waals surface area contributed by atoms with Crippen molar-refractivity contribution in [1.29, 1.82) is 0 Å². The van der Waals surface area contributed by atoms with E-state index in [4.69, 9.17) is 18.6 Å². The summed E-state index contributed by atoms with van der Waals surface area (Å²) >= 11 is 0. The minimum absolute atomic E-state index is 0.0442. The van der Waals surface area contributed by atoms with Crippen LogP contribution in [0.2, 0.25) is 0 Å². The molecule has 0 aliphatic carbocycles. The summed E-state index contributed by atoms with van der Waals surface area (Å²) in [7, 11) is 0. The number of esters is 2. The maximum Gasteiger partial charge on any atom is 0.383 e. The molecule has 0 N–H and O–H groups in total.